The van der Waals surface area contributed by atoms with Gasteiger partial charge in [0.25, 0.3) is 0 Å². The Hall–Kier alpha value is -0.610. The maximum absolute atomic E-state index is 10.8. The highest BCUT2D eigenvalue weighted by molar-refractivity contribution is 5.75. The fourth-order valence-corrected chi connectivity index (χ4v) is 2.10. The highest BCUT2D eigenvalue weighted by Gasteiger charge is 2.31. The first-order valence-electron chi connectivity index (χ1n) is 5.15. The summed E-state index contributed by atoms with van der Waals surface area (Å²) in [5.74, 6) is -0.310. The van der Waals surface area contributed by atoms with Crippen LogP contribution in [-0.2, 0) is 4.79 Å². The summed E-state index contributed by atoms with van der Waals surface area (Å²) >= 11 is 0. The van der Waals surface area contributed by atoms with Crippen molar-refractivity contribution in [3.05, 3.63) is 0 Å². The number of primary amides is 1. The average molecular weight is 200 g/mol. The van der Waals surface area contributed by atoms with Crippen LogP contribution in [0, 0.1) is 0 Å². The van der Waals surface area contributed by atoms with Gasteiger partial charge in [-0.25, -0.2) is 0 Å². The minimum absolute atomic E-state index is 0.115. The molecule has 0 saturated heterocycles. The Bertz CT molecular complexity index is 216. The molecule has 0 heterocycles. The standard InChI is InChI=1S/C10H20N2O2/c1-10(2,6-9(11)14)12-7-4-3-5-8(7)13/h7-8,12-13H,3-6H2,1-2H3,(H2,11,14). The van der Waals surface area contributed by atoms with E-state index in [2.05, 4.69) is 5.32 Å². The van der Waals surface area contributed by atoms with Crippen LogP contribution in [0.2, 0.25) is 0 Å². The van der Waals surface area contributed by atoms with E-state index in [0.29, 0.717) is 6.42 Å². The number of amides is 1. The normalized spacial score (nSPS) is 27.9. The third-order valence-electron chi connectivity index (χ3n) is 2.67. The fraction of sp³-hybridized carbons (Fsp3) is 0.900. The summed E-state index contributed by atoms with van der Waals surface area (Å²) < 4.78 is 0. The number of aliphatic hydroxyl groups excluding tert-OH is 1. The van der Waals surface area contributed by atoms with Gasteiger partial charge in [-0.2, -0.15) is 0 Å². The largest absolute Gasteiger partial charge is 0.392 e. The number of hydrogen-bond acceptors (Lipinski definition) is 3. The van der Waals surface area contributed by atoms with Crippen molar-refractivity contribution in [1.82, 2.24) is 5.32 Å². The first kappa shape index (κ1) is 11.5. The van der Waals surface area contributed by atoms with Gasteiger partial charge in [-0.3, -0.25) is 4.79 Å². The molecule has 1 saturated carbocycles. The van der Waals surface area contributed by atoms with Crippen molar-refractivity contribution in [2.45, 2.75) is 57.2 Å². The minimum atomic E-state index is -0.318. The first-order valence-corrected chi connectivity index (χ1v) is 5.15. The van der Waals surface area contributed by atoms with Crippen molar-refractivity contribution in [2.24, 2.45) is 5.73 Å². The van der Waals surface area contributed by atoms with Crippen LogP contribution in [-0.4, -0.2) is 28.7 Å². The molecule has 0 aliphatic heterocycles. The molecule has 1 aliphatic rings. The highest BCUT2D eigenvalue weighted by Crippen LogP contribution is 2.22. The first-order chi connectivity index (χ1) is 6.41. The Labute approximate surface area is 84.9 Å². The predicted octanol–water partition coefficient (Wildman–Crippen LogP) is 0.143. The van der Waals surface area contributed by atoms with Crippen LogP contribution in [0.4, 0.5) is 0 Å². The van der Waals surface area contributed by atoms with E-state index in [1.54, 1.807) is 0 Å². The van der Waals surface area contributed by atoms with Crippen molar-refractivity contribution >= 4 is 5.91 Å². The lowest BCUT2D eigenvalue weighted by Gasteiger charge is -2.30. The van der Waals surface area contributed by atoms with Gasteiger partial charge in [0, 0.05) is 18.0 Å². The molecular formula is C10H20N2O2. The van der Waals surface area contributed by atoms with E-state index in [9.17, 15) is 9.90 Å². The summed E-state index contributed by atoms with van der Waals surface area (Å²) in [6, 6.07) is 0.115. The van der Waals surface area contributed by atoms with E-state index in [4.69, 9.17) is 5.73 Å². The Morgan fingerprint density at radius 1 is 1.57 bits per heavy atom. The van der Waals surface area contributed by atoms with Crippen molar-refractivity contribution in [3.63, 3.8) is 0 Å². The fourth-order valence-electron chi connectivity index (χ4n) is 2.10. The van der Waals surface area contributed by atoms with Crippen LogP contribution in [0.3, 0.4) is 0 Å². The van der Waals surface area contributed by atoms with Gasteiger partial charge in [0.05, 0.1) is 6.10 Å². The molecule has 0 aromatic carbocycles. The van der Waals surface area contributed by atoms with Gasteiger partial charge in [-0.05, 0) is 33.1 Å². The monoisotopic (exact) mass is 200 g/mol. The third-order valence-corrected chi connectivity index (χ3v) is 2.67. The van der Waals surface area contributed by atoms with Gasteiger partial charge in [-0.1, -0.05) is 0 Å². The number of hydrogen-bond donors (Lipinski definition) is 3. The van der Waals surface area contributed by atoms with Crippen LogP contribution in [0.25, 0.3) is 0 Å². The molecule has 1 aliphatic carbocycles. The second kappa shape index (κ2) is 4.28. The summed E-state index contributed by atoms with van der Waals surface area (Å²) in [6.45, 7) is 3.87. The topological polar surface area (TPSA) is 75.4 Å². The number of carbonyl (C=O) groups is 1. The Morgan fingerprint density at radius 3 is 2.64 bits per heavy atom. The molecule has 1 fully saturated rings. The Balaban J connectivity index is 2.45. The van der Waals surface area contributed by atoms with Crippen molar-refractivity contribution in [1.29, 1.82) is 0 Å². The van der Waals surface area contributed by atoms with E-state index in [1.165, 1.54) is 0 Å². The number of rotatable bonds is 4. The lowest BCUT2D eigenvalue weighted by Crippen LogP contribution is -2.50. The van der Waals surface area contributed by atoms with Gasteiger partial charge in [0.15, 0.2) is 0 Å². The van der Waals surface area contributed by atoms with Crippen LogP contribution < -0.4 is 11.1 Å². The van der Waals surface area contributed by atoms with Crippen molar-refractivity contribution < 1.29 is 9.90 Å². The number of aliphatic hydroxyl groups is 1. The van der Waals surface area contributed by atoms with Crippen molar-refractivity contribution in [3.8, 4) is 0 Å². The zero-order valence-electron chi connectivity index (χ0n) is 8.92. The van der Waals surface area contributed by atoms with Crippen molar-refractivity contribution in [2.75, 3.05) is 0 Å². The molecule has 4 nitrogen and oxygen atoms in total. The summed E-state index contributed by atoms with van der Waals surface area (Å²) in [7, 11) is 0. The van der Waals surface area contributed by atoms with Gasteiger partial charge in [-0.15, -0.1) is 0 Å². The molecule has 2 unspecified atom stereocenters. The molecule has 0 bridgehead atoms. The zero-order chi connectivity index (χ0) is 10.8. The van der Waals surface area contributed by atoms with Gasteiger partial charge in [0.1, 0.15) is 0 Å². The summed E-state index contributed by atoms with van der Waals surface area (Å²) in [6.07, 6.45) is 2.90. The molecule has 4 heteroatoms. The quantitative estimate of drug-likeness (QED) is 0.604. The lowest BCUT2D eigenvalue weighted by atomic mass is 9.98. The van der Waals surface area contributed by atoms with Gasteiger partial charge < -0.3 is 16.2 Å². The summed E-state index contributed by atoms with van der Waals surface area (Å²) in [4.78, 5) is 10.8. The molecule has 1 rings (SSSR count). The van der Waals surface area contributed by atoms with Crippen LogP contribution in [0.1, 0.15) is 39.5 Å². The molecule has 2 atom stereocenters. The maximum atomic E-state index is 10.8. The Morgan fingerprint density at radius 2 is 2.21 bits per heavy atom. The molecule has 82 valence electrons. The summed E-state index contributed by atoms with van der Waals surface area (Å²) in [5, 5.41) is 12.9. The zero-order valence-corrected chi connectivity index (χ0v) is 8.92. The van der Waals surface area contributed by atoms with E-state index in [-0.39, 0.29) is 23.6 Å². The number of nitrogens with one attached hydrogen (secondary N) is 1. The predicted molar refractivity (Wildman–Crippen MR) is 54.7 cm³/mol. The molecule has 0 aromatic rings. The van der Waals surface area contributed by atoms with Gasteiger partial charge >= 0.3 is 0 Å². The maximum Gasteiger partial charge on any atom is 0.219 e. The van der Waals surface area contributed by atoms with Crippen LogP contribution >= 0.6 is 0 Å². The number of carbonyl (C=O) groups excluding carboxylic acids is 1. The second-order valence-electron chi connectivity index (χ2n) is 4.78. The molecular weight excluding hydrogens is 180 g/mol. The highest BCUT2D eigenvalue weighted by atomic mass is 16.3. The number of nitrogens with two attached hydrogens (primary N) is 1. The minimum Gasteiger partial charge on any atom is -0.392 e. The molecule has 1 amide bonds. The lowest BCUT2D eigenvalue weighted by molar-refractivity contribution is -0.119. The average Bonchev–Trinajstić information content (AvgIpc) is 2.32. The Kier molecular flexibility index (Phi) is 3.50. The third kappa shape index (κ3) is 3.27. The van der Waals surface area contributed by atoms with E-state index < -0.39 is 0 Å². The molecule has 4 N–H and O–H groups in total. The smallest absolute Gasteiger partial charge is 0.219 e. The van der Waals surface area contributed by atoms with Gasteiger partial charge in [0.2, 0.25) is 5.91 Å². The van der Waals surface area contributed by atoms with E-state index in [1.807, 2.05) is 13.8 Å². The SMILES string of the molecule is CC(C)(CC(N)=O)NC1CCCC1O. The molecule has 0 radical (unpaired) electrons. The van der Waals surface area contributed by atoms with E-state index in [0.717, 1.165) is 19.3 Å². The molecule has 0 spiro atoms. The molecule has 14 heavy (non-hydrogen) atoms. The van der Waals surface area contributed by atoms with Crippen LogP contribution in [0.15, 0.2) is 0 Å². The van der Waals surface area contributed by atoms with Crippen LogP contribution in [0.5, 0.6) is 0 Å². The van der Waals surface area contributed by atoms with E-state index >= 15 is 0 Å². The molecule has 0 aromatic heterocycles. The summed E-state index contributed by atoms with van der Waals surface area (Å²) in [5.41, 5.74) is 4.83. The second-order valence-corrected chi connectivity index (χ2v) is 4.78.